The first-order chi connectivity index (χ1) is 19.0. The molecule has 1 fully saturated rings. The van der Waals surface area contributed by atoms with Gasteiger partial charge in [-0.05, 0) is 43.7 Å². The van der Waals surface area contributed by atoms with Gasteiger partial charge in [0.1, 0.15) is 10.7 Å². The van der Waals surface area contributed by atoms with Crippen molar-refractivity contribution < 1.29 is 50.9 Å². The number of hydrogen-bond acceptors (Lipinski definition) is 5. The van der Waals surface area contributed by atoms with E-state index < -0.39 is 24.3 Å². The van der Waals surface area contributed by atoms with Crippen molar-refractivity contribution in [1.29, 1.82) is 0 Å². The van der Waals surface area contributed by atoms with E-state index in [1.165, 1.54) is 5.69 Å². The maximum Gasteiger partial charge on any atom is 0.490 e. The average molecular weight is 610 g/mol. The minimum absolute atomic E-state index is 0.0150. The molecule has 1 amide bonds. The summed E-state index contributed by atoms with van der Waals surface area (Å²) >= 11 is 5.96. The predicted molar refractivity (Wildman–Crippen MR) is 132 cm³/mol. The third kappa shape index (κ3) is 6.58. The summed E-state index contributed by atoms with van der Waals surface area (Å²) in [5, 5.41) is 14.7. The van der Waals surface area contributed by atoms with Gasteiger partial charge in [-0.3, -0.25) is 4.79 Å². The Morgan fingerprint density at radius 2 is 1.68 bits per heavy atom. The second-order valence-electron chi connectivity index (χ2n) is 8.70. The molecule has 10 nitrogen and oxygen atoms in total. The summed E-state index contributed by atoms with van der Waals surface area (Å²) < 4.78 is 65.6. The Balaban J connectivity index is 0.000000276. The summed E-state index contributed by atoms with van der Waals surface area (Å²) in [6.07, 6.45) is -3.72. The molecule has 0 aromatic carbocycles. The SMILES string of the molecule is CCN1c2cccnc2-n2cccc2C12CCN(C(=O)c1c[nH]c(Cl)c1)C2.O=C(O)C(F)(F)F.O=C(O)C(F)(F)F. The van der Waals surface area contributed by atoms with E-state index in [0.29, 0.717) is 23.8 Å². The molecule has 0 aliphatic carbocycles. The zero-order valence-corrected chi connectivity index (χ0v) is 21.8. The van der Waals surface area contributed by atoms with Crippen LogP contribution >= 0.6 is 11.6 Å². The quantitative estimate of drug-likeness (QED) is 0.359. The zero-order chi connectivity index (χ0) is 30.8. The van der Waals surface area contributed by atoms with Crippen LogP contribution in [0.15, 0.2) is 48.9 Å². The molecule has 41 heavy (non-hydrogen) atoms. The summed E-state index contributed by atoms with van der Waals surface area (Å²) in [6, 6.07) is 10.00. The number of nitrogens with zero attached hydrogens (tertiary/aromatic N) is 4. The number of nitrogens with one attached hydrogen (secondary N) is 1. The van der Waals surface area contributed by atoms with Gasteiger partial charge >= 0.3 is 24.3 Å². The molecule has 1 spiro atoms. The van der Waals surface area contributed by atoms with Crippen molar-refractivity contribution in [3.63, 3.8) is 0 Å². The van der Waals surface area contributed by atoms with Crippen LogP contribution in [0.25, 0.3) is 5.82 Å². The fourth-order valence-corrected chi connectivity index (χ4v) is 4.81. The summed E-state index contributed by atoms with van der Waals surface area (Å²) in [5.74, 6) is -4.55. The lowest BCUT2D eigenvalue weighted by Gasteiger charge is -2.46. The van der Waals surface area contributed by atoms with Gasteiger partial charge in [-0.15, -0.1) is 0 Å². The van der Waals surface area contributed by atoms with E-state index in [9.17, 15) is 31.1 Å². The van der Waals surface area contributed by atoms with Crippen LogP contribution < -0.4 is 4.90 Å². The average Bonchev–Trinajstić information content (AvgIpc) is 3.64. The number of alkyl halides is 6. The van der Waals surface area contributed by atoms with Crippen LogP contribution in [0.2, 0.25) is 5.15 Å². The highest BCUT2D eigenvalue weighted by atomic mass is 35.5. The van der Waals surface area contributed by atoms with Crippen molar-refractivity contribution in [3.05, 3.63) is 65.3 Å². The van der Waals surface area contributed by atoms with Gasteiger partial charge in [0.05, 0.1) is 16.9 Å². The minimum Gasteiger partial charge on any atom is -0.475 e. The maximum absolute atomic E-state index is 13.0. The molecule has 2 aliphatic heterocycles. The van der Waals surface area contributed by atoms with Crippen molar-refractivity contribution in [1.82, 2.24) is 19.4 Å². The van der Waals surface area contributed by atoms with Gasteiger partial charge in [0.2, 0.25) is 0 Å². The molecule has 5 heterocycles. The van der Waals surface area contributed by atoms with Crippen LogP contribution in [0.3, 0.4) is 0 Å². The summed E-state index contributed by atoms with van der Waals surface area (Å²) in [5.41, 5.74) is 2.67. The Kier molecular flexibility index (Phi) is 8.95. The lowest BCUT2D eigenvalue weighted by molar-refractivity contribution is -0.193. The number of carboxylic acid groups (broad SMARTS) is 2. The molecular formula is C24H22ClF6N5O5. The van der Waals surface area contributed by atoms with Gasteiger partial charge in [-0.25, -0.2) is 14.6 Å². The lowest BCUT2D eigenvalue weighted by Crippen LogP contribution is -2.52. The molecule has 3 aromatic heterocycles. The lowest BCUT2D eigenvalue weighted by atomic mass is 9.89. The molecule has 17 heteroatoms. The number of carboxylic acids is 2. The molecule has 0 bridgehead atoms. The van der Waals surface area contributed by atoms with E-state index >= 15 is 0 Å². The van der Waals surface area contributed by atoms with Crippen molar-refractivity contribution in [2.45, 2.75) is 31.2 Å². The number of aromatic amines is 1. The number of likely N-dealkylation sites (tertiary alicyclic amines) is 1. The number of H-pyrrole nitrogens is 1. The van der Waals surface area contributed by atoms with Crippen LogP contribution in [0.4, 0.5) is 32.0 Å². The number of carbonyl (C=O) groups excluding carboxylic acids is 1. The number of aromatic nitrogens is 3. The number of rotatable bonds is 2. The maximum atomic E-state index is 13.0. The molecule has 1 atom stereocenters. The van der Waals surface area contributed by atoms with Crippen molar-refractivity contribution in [2.75, 3.05) is 24.5 Å². The fraction of sp³-hybridized carbons (Fsp3) is 0.333. The Labute approximate surface area is 232 Å². The highest BCUT2D eigenvalue weighted by Crippen LogP contribution is 2.47. The number of amides is 1. The largest absolute Gasteiger partial charge is 0.490 e. The smallest absolute Gasteiger partial charge is 0.475 e. The molecule has 1 unspecified atom stereocenters. The Hall–Kier alpha value is -4.21. The molecule has 0 saturated carbocycles. The first-order valence-electron chi connectivity index (χ1n) is 11.7. The predicted octanol–water partition coefficient (Wildman–Crippen LogP) is 4.70. The van der Waals surface area contributed by atoms with Crippen molar-refractivity contribution >= 4 is 35.1 Å². The number of aliphatic carboxylic acids is 2. The number of halogens is 7. The van der Waals surface area contributed by atoms with E-state index in [4.69, 9.17) is 31.4 Å². The molecular weight excluding hydrogens is 588 g/mol. The van der Waals surface area contributed by atoms with Crippen LogP contribution in [0.5, 0.6) is 0 Å². The van der Waals surface area contributed by atoms with E-state index in [2.05, 4.69) is 50.8 Å². The third-order valence-corrected chi connectivity index (χ3v) is 6.48. The van der Waals surface area contributed by atoms with Gasteiger partial charge in [0.25, 0.3) is 5.91 Å². The fourth-order valence-electron chi connectivity index (χ4n) is 4.64. The normalized spacial score (nSPS) is 17.6. The summed E-state index contributed by atoms with van der Waals surface area (Å²) in [7, 11) is 0. The van der Waals surface area contributed by atoms with Crippen molar-refractivity contribution in [3.8, 4) is 5.82 Å². The van der Waals surface area contributed by atoms with E-state index in [0.717, 1.165) is 24.5 Å². The van der Waals surface area contributed by atoms with E-state index in [-0.39, 0.29) is 11.4 Å². The van der Waals surface area contributed by atoms with Gasteiger partial charge in [0, 0.05) is 38.2 Å². The zero-order valence-electron chi connectivity index (χ0n) is 21.0. The number of anilines is 1. The van der Waals surface area contributed by atoms with Crippen molar-refractivity contribution in [2.24, 2.45) is 0 Å². The Morgan fingerprint density at radius 1 is 1.07 bits per heavy atom. The van der Waals surface area contributed by atoms with E-state index in [1.807, 2.05) is 17.2 Å². The summed E-state index contributed by atoms with van der Waals surface area (Å²) in [4.78, 5) is 42.6. The van der Waals surface area contributed by atoms with E-state index in [1.54, 1.807) is 12.3 Å². The molecule has 3 aromatic rings. The molecule has 5 rings (SSSR count). The van der Waals surface area contributed by atoms with Crippen LogP contribution in [0.1, 0.15) is 29.4 Å². The summed E-state index contributed by atoms with van der Waals surface area (Å²) in [6.45, 7) is 4.36. The van der Waals surface area contributed by atoms with Crippen LogP contribution in [-0.4, -0.2) is 79.5 Å². The highest BCUT2D eigenvalue weighted by molar-refractivity contribution is 6.29. The second-order valence-corrected chi connectivity index (χ2v) is 9.11. The molecule has 3 N–H and O–H groups in total. The van der Waals surface area contributed by atoms with Gasteiger partial charge in [-0.2, -0.15) is 26.3 Å². The second kappa shape index (κ2) is 11.7. The Morgan fingerprint density at radius 3 is 2.20 bits per heavy atom. The first-order valence-corrected chi connectivity index (χ1v) is 12.0. The monoisotopic (exact) mass is 609 g/mol. The van der Waals surface area contributed by atoms with Gasteiger partial charge in [-0.1, -0.05) is 11.6 Å². The molecule has 1 saturated heterocycles. The van der Waals surface area contributed by atoms with Gasteiger partial charge in [0.15, 0.2) is 5.82 Å². The molecule has 2 aliphatic rings. The first kappa shape index (κ1) is 31.3. The number of fused-ring (bicyclic) bond motifs is 4. The number of carbonyl (C=O) groups is 3. The number of likely N-dealkylation sites (N-methyl/N-ethyl adjacent to an activating group) is 1. The highest BCUT2D eigenvalue weighted by Gasteiger charge is 2.50. The third-order valence-electron chi connectivity index (χ3n) is 6.26. The minimum atomic E-state index is -5.08. The molecule has 0 radical (unpaired) electrons. The topological polar surface area (TPSA) is 132 Å². The van der Waals surface area contributed by atoms with Gasteiger partial charge < -0.3 is 29.6 Å². The van der Waals surface area contributed by atoms with Crippen LogP contribution in [-0.2, 0) is 15.1 Å². The Bertz CT molecular complexity index is 1400. The standard InChI is InChI=1S/C20H20ClN5O.2C2HF3O2/c1-2-26-15-5-3-8-22-18(15)25-9-4-6-16(25)20(26)7-10-24(13-20)19(27)14-11-17(21)23-12-14;2*3-2(4,5)1(6)7/h3-6,8-9,11-12,23H,2,7,10,13H2,1H3;2*(H,6,7). The van der Waals surface area contributed by atoms with Crippen LogP contribution in [0, 0.1) is 0 Å². The molecule has 222 valence electrons. The number of hydrogen-bond donors (Lipinski definition) is 3. The number of pyridine rings is 1.